The second-order valence-corrected chi connectivity index (χ2v) is 8.17. The molecule has 0 radical (unpaired) electrons. The number of aromatic amines is 1. The maximum atomic E-state index is 6.30. The smallest absolute Gasteiger partial charge is 0.181 e. The Morgan fingerprint density at radius 2 is 1.94 bits per heavy atom. The third kappa shape index (κ3) is 3.50. The number of H-pyrrole nitrogens is 1. The van der Waals surface area contributed by atoms with Crippen LogP contribution in [0.2, 0.25) is 5.02 Å². The molecule has 5 aromatic rings. The van der Waals surface area contributed by atoms with E-state index in [2.05, 4.69) is 20.4 Å². The van der Waals surface area contributed by atoms with Gasteiger partial charge in [-0.1, -0.05) is 17.7 Å². The molecule has 0 spiro atoms. The molecule has 0 bridgehead atoms. The zero-order valence-corrected chi connectivity index (χ0v) is 19.0. The summed E-state index contributed by atoms with van der Waals surface area (Å²) in [6.45, 7) is 6.49. The highest BCUT2D eigenvalue weighted by atomic mass is 35.5. The first-order valence-electron chi connectivity index (χ1n) is 10.2. The number of nitrogens with one attached hydrogen (secondary N) is 1. The number of aryl methyl sites for hydroxylation is 3. The number of hydrogen-bond acceptors (Lipinski definition) is 5. The van der Waals surface area contributed by atoms with Crippen LogP contribution >= 0.6 is 11.6 Å². The van der Waals surface area contributed by atoms with Gasteiger partial charge in [0.1, 0.15) is 12.2 Å². The quantitative estimate of drug-likeness (QED) is 0.441. The van der Waals surface area contributed by atoms with Crippen molar-refractivity contribution in [3.8, 4) is 28.5 Å². The average Bonchev–Trinajstić information content (AvgIpc) is 3.53. The van der Waals surface area contributed by atoms with E-state index in [9.17, 15) is 0 Å². The summed E-state index contributed by atoms with van der Waals surface area (Å²) in [6, 6.07) is 9.58. The van der Waals surface area contributed by atoms with Gasteiger partial charge in [0.15, 0.2) is 11.6 Å². The molecule has 0 saturated carbocycles. The van der Waals surface area contributed by atoms with Gasteiger partial charge in [0.2, 0.25) is 0 Å². The summed E-state index contributed by atoms with van der Waals surface area (Å²) in [6.07, 6.45) is 3.62. The van der Waals surface area contributed by atoms with Crippen molar-refractivity contribution in [1.29, 1.82) is 0 Å². The minimum absolute atomic E-state index is 0.453. The van der Waals surface area contributed by atoms with Crippen molar-refractivity contribution in [1.82, 2.24) is 44.5 Å². The number of hydrogen-bond donors (Lipinski definition) is 1. The molecule has 4 aromatic heterocycles. The fourth-order valence-electron chi connectivity index (χ4n) is 3.82. The maximum absolute atomic E-state index is 6.30. The third-order valence-corrected chi connectivity index (χ3v) is 5.73. The summed E-state index contributed by atoms with van der Waals surface area (Å²) in [4.78, 5) is 4.82. The largest absolute Gasteiger partial charge is 0.274 e. The Morgan fingerprint density at radius 3 is 2.66 bits per heavy atom. The molecule has 0 aliphatic carbocycles. The van der Waals surface area contributed by atoms with Crippen molar-refractivity contribution in [2.75, 3.05) is 0 Å². The van der Waals surface area contributed by atoms with E-state index >= 15 is 0 Å². The lowest BCUT2D eigenvalue weighted by molar-refractivity contribution is 0.651. The first kappa shape index (κ1) is 20.2. The SMILES string of the molecule is Cc1ccc(Cl)cc1-n1nc(Cn2cccn2)nc1-c1cc(-c2c(C)nn(C)c2C)n[nH]1. The van der Waals surface area contributed by atoms with Gasteiger partial charge in [0, 0.05) is 35.7 Å². The van der Waals surface area contributed by atoms with Gasteiger partial charge in [0.05, 0.1) is 17.1 Å². The molecule has 0 amide bonds. The molecule has 1 aromatic carbocycles. The topological polar surface area (TPSA) is 95.0 Å². The van der Waals surface area contributed by atoms with Gasteiger partial charge in [-0.2, -0.15) is 15.3 Å². The monoisotopic (exact) mass is 447 g/mol. The fourth-order valence-corrected chi connectivity index (χ4v) is 3.99. The van der Waals surface area contributed by atoms with Crippen LogP contribution in [0.25, 0.3) is 28.5 Å². The molecular weight excluding hydrogens is 426 g/mol. The zero-order valence-electron chi connectivity index (χ0n) is 18.2. The van der Waals surface area contributed by atoms with Crippen LogP contribution in [0.1, 0.15) is 22.8 Å². The number of benzene rings is 1. The van der Waals surface area contributed by atoms with Gasteiger partial charge in [-0.15, -0.1) is 5.10 Å². The summed E-state index contributed by atoms with van der Waals surface area (Å²) in [5, 5.41) is 21.9. The van der Waals surface area contributed by atoms with E-state index in [1.54, 1.807) is 15.6 Å². The molecule has 4 heterocycles. The van der Waals surface area contributed by atoms with Crippen molar-refractivity contribution in [2.24, 2.45) is 7.05 Å². The summed E-state index contributed by atoms with van der Waals surface area (Å²) >= 11 is 6.30. The van der Waals surface area contributed by atoms with Crippen LogP contribution < -0.4 is 0 Å². The van der Waals surface area contributed by atoms with Crippen molar-refractivity contribution in [3.63, 3.8) is 0 Å². The van der Waals surface area contributed by atoms with E-state index < -0.39 is 0 Å². The van der Waals surface area contributed by atoms with Gasteiger partial charge in [0.25, 0.3) is 0 Å². The summed E-state index contributed by atoms with van der Waals surface area (Å²) in [7, 11) is 1.93. The molecule has 162 valence electrons. The Kier molecular flexibility index (Phi) is 4.90. The molecular formula is C22H22ClN9. The molecule has 10 heteroatoms. The molecule has 0 atom stereocenters. The number of rotatable bonds is 5. The van der Waals surface area contributed by atoms with Crippen LogP contribution in [0.5, 0.6) is 0 Å². The normalized spacial score (nSPS) is 11.4. The first-order valence-corrected chi connectivity index (χ1v) is 10.5. The van der Waals surface area contributed by atoms with E-state index in [1.807, 2.05) is 69.0 Å². The molecule has 0 aliphatic heterocycles. The van der Waals surface area contributed by atoms with Gasteiger partial charge in [-0.05, 0) is 50.6 Å². The molecule has 0 saturated heterocycles. The van der Waals surface area contributed by atoms with Gasteiger partial charge in [-0.25, -0.2) is 9.67 Å². The molecule has 5 rings (SSSR count). The highest BCUT2D eigenvalue weighted by molar-refractivity contribution is 6.30. The molecule has 9 nitrogen and oxygen atoms in total. The molecule has 0 aliphatic rings. The molecule has 1 N–H and O–H groups in total. The van der Waals surface area contributed by atoms with E-state index in [-0.39, 0.29) is 0 Å². The number of halogens is 1. The highest BCUT2D eigenvalue weighted by Gasteiger charge is 2.20. The van der Waals surface area contributed by atoms with E-state index in [4.69, 9.17) is 21.7 Å². The lowest BCUT2D eigenvalue weighted by Crippen LogP contribution is -2.04. The molecule has 32 heavy (non-hydrogen) atoms. The maximum Gasteiger partial charge on any atom is 0.181 e. The number of nitrogens with zero attached hydrogens (tertiary/aromatic N) is 8. The summed E-state index contributed by atoms with van der Waals surface area (Å²) in [5.74, 6) is 1.28. The van der Waals surface area contributed by atoms with Crippen molar-refractivity contribution >= 4 is 11.6 Å². The first-order chi connectivity index (χ1) is 15.4. The van der Waals surface area contributed by atoms with Crippen molar-refractivity contribution in [3.05, 3.63) is 70.5 Å². The van der Waals surface area contributed by atoms with Crippen LogP contribution in [0.15, 0.2) is 42.7 Å². The van der Waals surface area contributed by atoms with Crippen LogP contribution in [0, 0.1) is 20.8 Å². The summed E-state index contributed by atoms with van der Waals surface area (Å²) in [5.41, 5.74) is 6.44. The Bertz CT molecular complexity index is 1410. The average molecular weight is 448 g/mol. The van der Waals surface area contributed by atoms with E-state index in [0.717, 1.165) is 39.6 Å². The van der Waals surface area contributed by atoms with Crippen molar-refractivity contribution in [2.45, 2.75) is 27.3 Å². The molecule has 0 unspecified atom stereocenters. The fraction of sp³-hybridized carbons (Fsp3) is 0.227. The van der Waals surface area contributed by atoms with Crippen LogP contribution in [0.4, 0.5) is 0 Å². The molecule has 0 fully saturated rings. The van der Waals surface area contributed by atoms with Crippen molar-refractivity contribution < 1.29 is 0 Å². The highest BCUT2D eigenvalue weighted by Crippen LogP contribution is 2.30. The van der Waals surface area contributed by atoms with Gasteiger partial charge in [-0.3, -0.25) is 14.5 Å². The van der Waals surface area contributed by atoms with Crippen LogP contribution in [0.3, 0.4) is 0 Å². The Hall–Kier alpha value is -3.72. The second-order valence-electron chi connectivity index (χ2n) is 7.73. The lowest BCUT2D eigenvalue weighted by atomic mass is 10.1. The standard InChI is InChI=1S/C22H22ClN9/c1-13-6-7-16(23)10-19(13)32-22(25-20(29-32)12-31-9-5-8-24-31)18-11-17(26-27-18)21-14(2)28-30(4)15(21)3/h5-11H,12H2,1-4H3,(H,26,27). The number of aromatic nitrogens is 9. The van der Waals surface area contributed by atoms with Crippen LogP contribution in [-0.4, -0.2) is 44.5 Å². The Morgan fingerprint density at radius 1 is 1.09 bits per heavy atom. The second kappa shape index (κ2) is 7.76. The van der Waals surface area contributed by atoms with Gasteiger partial charge >= 0.3 is 0 Å². The van der Waals surface area contributed by atoms with Gasteiger partial charge < -0.3 is 0 Å². The minimum Gasteiger partial charge on any atom is -0.274 e. The zero-order chi connectivity index (χ0) is 22.4. The third-order valence-electron chi connectivity index (χ3n) is 5.50. The predicted octanol–water partition coefficient (Wildman–Crippen LogP) is 3.88. The van der Waals surface area contributed by atoms with E-state index in [1.165, 1.54) is 0 Å². The summed E-state index contributed by atoms with van der Waals surface area (Å²) < 4.78 is 5.45. The predicted molar refractivity (Wildman–Crippen MR) is 122 cm³/mol. The lowest BCUT2D eigenvalue weighted by Gasteiger charge is -2.08. The Balaban J connectivity index is 1.64. The Labute approximate surface area is 189 Å². The minimum atomic E-state index is 0.453. The van der Waals surface area contributed by atoms with Crippen LogP contribution in [-0.2, 0) is 13.6 Å². The van der Waals surface area contributed by atoms with E-state index in [0.29, 0.717) is 23.2 Å².